The van der Waals surface area contributed by atoms with Crippen molar-refractivity contribution in [2.24, 2.45) is 5.41 Å². The molecule has 2 aromatic heterocycles. The van der Waals surface area contributed by atoms with Crippen LogP contribution in [0.2, 0.25) is 0 Å². The van der Waals surface area contributed by atoms with Gasteiger partial charge in [-0.25, -0.2) is 17.7 Å². The smallest absolute Gasteiger partial charge is 0.389 e. The summed E-state index contributed by atoms with van der Waals surface area (Å²) in [7, 11) is 0. The van der Waals surface area contributed by atoms with Crippen LogP contribution in [0.3, 0.4) is 0 Å². The number of fused-ring (bicyclic) bond motifs is 1. The number of aromatic nitrogens is 2. The molecule has 0 bridgehead atoms. The van der Waals surface area contributed by atoms with Gasteiger partial charge in [0.2, 0.25) is 5.88 Å². The predicted octanol–water partition coefficient (Wildman–Crippen LogP) is 8.96. The molecule has 1 aliphatic rings. The second kappa shape index (κ2) is 13.8. The standard InChI is InChI=1S/C35H34F6N2O4/c1-21-16-27-31(33(23-8-9-23)42-43(27)29(17-21)46-20-24-25(36)10-11-26(37)32(24)38)28(44)12-13-34(2,14-15-35(39,40)41)18-30(45)47-19-22-6-4-3-5-7-22/h3-7,10-11,16-17,23H,8-9,12-15,18-20H2,1-2H3. The van der Waals surface area contributed by atoms with Gasteiger partial charge in [-0.3, -0.25) is 9.59 Å². The number of carbonyl (C=O) groups excluding carboxylic acids is 2. The van der Waals surface area contributed by atoms with Gasteiger partial charge >= 0.3 is 12.1 Å². The van der Waals surface area contributed by atoms with E-state index in [1.54, 1.807) is 56.3 Å². The average Bonchev–Trinajstić information content (AvgIpc) is 3.80. The predicted molar refractivity (Wildman–Crippen MR) is 160 cm³/mol. The van der Waals surface area contributed by atoms with E-state index in [-0.39, 0.29) is 55.4 Å². The lowest BCUT2D eigenvalue weighted by Gasteiger charge is -2.29. The monoisotopic (exact) mass is 660 g/mol. The molecule has 2 aromatic carbocycles. The normalized spacial score (nSPS) is 14.6. The third-order valence-electron chi connectivity index (χ3n) is 8.40. The number of ketones is 1. The number of rotatable bonds is 14. The van der Waals surface area contributed by atoms with Crippen LogP contribution in [0.5, 0.6) is 5.88 Å². The lowest BCUT2D eigenvalue weighted by Crippen LogP contribution is -2.26. The molecule has 1 fully saturated rings. The Bertz CT molecular complexity index is 1770. The summed E-state index contributed by atoms with van der Waals surface area (Å²) in [5.74, 6) is -4.57. The van der Waals surface area contributed by atoms with Crippen LogP contribution in [0.4, 0.5) is 26.3 Å². The van der Waals surface area contributed by atoms with Crippen molar-refractivity contribution < 1.29 is 45.4 Å². The number of Topliss-reactive ketones (excluding diaryl/α,β-unsaturated/α-hetero) is 1. The fourth-order valence-corrected chi connectivity index (χ4v) is 5.56. The van der Waals surface area contributed by atoms with Crippen molar-refractivity contribution in [2.75, 3.05) is 0 Å². The number of hydrogen-bond donors (Lipinski definition) is 0. The Morgan fingerprint density at radius 1 is 0.936 bits per heavy atom. The van der Waals surface area contributed by atoms with Crippen LogP contribution in [-0.4, -0.2) is 27.5 Å². The summed E-state index contributed by atoms with van der Waals surface area (Å²) in [6.45, 7) is 2.61. The largest absolute Gasteiger partial charge is 0.473 e. The number of aryl methyl sites for hydroxylation is 1. The van der Waals surface area contributed by atoms with Gasteiger partial charge in [0.15, 0.2) is 17.4 Å². The zero-order valence-corrected chi connectivity index (χ0v) is 25.9. The zero-order valence-electron chi connectivity index (χ0n) is 25.9. The molecule has 2 heterocycles. The van der Waals surface area contributed by atoms with Gasteiger partial charge in [0, 0.05) is 24.8 Å². The number of halogens is 6. The van der Waals surface area contributed by atoms with Crippen LogP contribution >= 0.6 is 0 Å². The van der Waals surface area contributed by atoms with Crippen molar-refractivity contribution in [3.8, 4) is 5.88 Å². The van der Waals surface area contributed by atoms with E-state index < -0.39 is 53.6 Å². The highest BCUT2D eigenvalue weighted by molar-refractivity contribution is 6.04. The first-order chi connectivity index (χ1) is 22.2. The molecular formula is C35H34F6N2O4. The fourth-order valence-electron chi connectivity index (χ4n) is 5.56. The third-order valence-corrected chi connectivity index (χ3v) is 8.40. The Balaban J connectivity index is 1.37. The minimum atomic E-state index is -4.45. The van der Waals surface area contributed by atoms with Crippen LogP contribution in [0.25, 0.3) is 5.52 Å². The maximum atomic E-state index is 14.3. The number of benzene rings is 2. The van der Waals surface area contributed by atoms with Crippen molar-refractivity contribution in [3.05, 3.63) is 100.0 Å². The number of esters is 1. The van der Waals surface area contributed by atoms with E-state index in [1.165, 1.54) is 4.52 Å². The van der Waals surface area contributed by atoms with E-state index in [0.717, 1.165) is 24.5 Å². The summed E-state index contributed by atoms with van der Waals surface area (Å²) in [5.41, 5.74) is 0.725. The van der Waals surface area contributed by atoms with Crippen molar-refractivity contribution >= 4 is 17.3 Å². The first kappa shape index (κ1) is 34.0. The highest BCUT2D eigenvalue weighted by Crippen LogP contribution is 2.44. The minimum absolute atomic E-state index is 0.0168. The quantitative estimate of drug-likeness (QED) is 0.0585. The molecule has 6 nitrogen and oxygen atoms in total. The van der Waals surface area contributed by atoms with Crippen molar-refractivity contribution in [1.82, 2.24) is 9.61 Å². The zero-order chi connectivity index (χ0) is 33.9. The van der Waals surface area contributed by atoms with Crippen molar-refractivity contribution in [2.45, 2.75) is 84.1 Å². The van der Waals surface area contributed by atoms with Gasteiger partial charge in [-0.2, -0.15) is 18.3 Å². The number of pyridine rings is 1. The molecule has 1 saturated carbocycles. The molecule has 1 aliphatic carbocycles. The highest BCUT2D eigenvalue weighted by Gasteiger charge is 2.37. The molecule has 47 heavy (non-hydrogen) atoms. The molecule has 0 radical (unpaired) electrons. The molecule has 4 aromatic rings. The molecule has 1 unspecified atom stereocenters. The van der Waals surface area contributed by atoms with E-state index in [0.29, 0.717) is 22.8 Å². The summed E-state index contributed by atoms with van der Waals surface area (Å²) >= 11 is 0. The third kappa shape index (κ3) is 8.52. The molecule has 0 saturated heterocycles. The van der Waals surface area contributed by atoms with Gasteiger partial charge in [0.25, 0.3) is 0 Å². The Morgan fingerprint density at radius 3 is 2.32 bits per heavy atom. The number of hydrogen-bond acceptors (Lipinski definition) is 5. The fraction of sp³-hybridized carbons (Fsp3) is 0.400. The summed E-state index contributed by atoms with van der Waals surface area (Å²) < 4.78 is 94.6. The molecule has 0 aliphatic heterocycles. The second-order valence-electron chi connectivity index (χ2n) is 12.5. The molecule has 1 atom stereocenters. The van der Waals surface area contributed by atoms with Gasteiger partial charge in [-0.05, 0) is 67.3 Å². The Morgan fingerprint density at radius 2 is 1.64 bits per heavy atom. The van der Waals surface area contributed by atoms with Crippen molar-refractivity contribution in [1.29, 1.82) is 0 Å². The second-order valence-corrected chi connectivity index (χ2v) is 12.5. The van der Waals surface area contributed by atoms with Crippen LogP contribution in [0.1, 0.15) is 90.5 Å². The van der Waals surface area contributed by atoms with E-state index in [1.807, 2.05) is 0 Å². The Hall–Kier alpha value is -4.35. The lowest BCUT2D eigenvalue weighted by molar-refractivity contribution is -0.152. The molecule has 250 valence electrons. The number of ether oxygens (including phenoxy) is 2. The number of carbonyl (C=O) groups is 2. The van der Waals surface area contributed by atoms with E-state index in [9.17, 15) is 35.9 Å². The Labute approximate surface area is 267 Å². The molecular weight excluding hydrogens is 626 g/mol. The first-order valence-corrected chi connectivity index (χ1v) is 15.3. The maximum absolute atomic E-state index is 14.3. The highest BCUT2D eigenvalue weighted by atomic mass is 19.4. The van der Waals surface area contributed by atoms with Crippen LogP contribution < -0.4 is 4.74 Å². The summed E-state index contributed by atoms with van der Waals surface area (Å²) in [6, 6.07) is 13.6. The average molecular weight is 661 g/mol. The minimum Gasteiger partial charge on any atom is -0.473 e. The van der Waals surface area contributed by atoms with Crippen LogP contribution in [0, 0.1) is 29.8 Å². The summed E-state index contributed by atoms with van der Waals surface area (Å²) in [5, 5.41) is 4.61. The Kier molecular flexibility index (Phi) is 9.97. The molecule has 0 N–H and O–H groups in total. The topological polar surface area (TPSA) is 69.9 Å². The summed E-state index contributed by atoms with van der Waals surface area (Å²) in [4.78, 5) is 26.6. The number of alkyl halides is 3. The van der Waals surface area contributed by atoms with E-state index >= 15 is 0 Å². The molecule has 12 heteroatoms. The van der Waals surface area contributed by atoms with Gasteiger partial charge < -0.3 is 9.47 Å². The van der Waals surface area contributed by atoms with E-state index in [4.69, 9.17) is 9.47 Å². The van der Waals surface area contributed by atoms with Gasteiger partial charge in [0.1, 0.15) is 19.0 Å². The van der Waals surface area contributed by atoms with Crippen LogP contribution in [0.15, 0.2) is 54.6 Å². The van der Waals surface area contributed by atoms with E-state index in [2.05, 4.69) is 5.10 Å². The number of nitrogens with zero attached hydrogens (tertiary/aromatic N) is 2. The lowest BCUT2D eigenvalue weighted by atomic mass is 9.77. The van der Waals surface area contributed by atoms with Gasteiger partial charge in [-0.1, -0.05) is 37.3 Å². The van der Waals surface area contributed by atoms with Crippen molar-refractivity contribution in [3.63, 3.8) is 0 Å². The van der Waals surface area contributed by atoms with Gasteiger partial charge in [0.05, 0.1) is 28.8 Å². The SMILES string of the molecule is Cc1cc(OCc2c(F)ccc(F)c2F)n2nc(C3CC3)c(C(=O)CCC(C)(CCC(F)(F)F)CC(=O)OCc3ccccc3)c2c1. The molecule has 0 spiro atoms. The molecule has 5 rings (SSSR count). The summed E-state index contributed by atoms with van der Waals surface area (Å²) in [6.07, 6.45) is -4.89. The first-order valence-electron chi connectivity index (χ1n) is 15.3. The van der Waals surface area contributed by atoms with Crippen LogP contribution in [-0.2, 0) is 22.7 Å². The molecule has 0 amide bonds. The van der Waals surface area contributed by atoms with Gasteiger partial charge in [-0.15, -0.1) is 0 Å². The maximum Gasteiger partial charge on any atom is 0.389 e.